The van der Waals surface area contributed by atoms with Gasteiger partial charge in [-0.1, -0.05) is 13.8 Å². The first-order valence-electron chi connectivity index (χ1n) is 7.22. The van der Waals surface area contributed by atoms with Crippen LogP contribution in [0.15, 0.2) is 0 Å². The summed E-state index contributed by atoms with van der Waals surface area (Å²) >= 11 is 0. The van der Waals surface area contributed by atoms with Gasteiger partial charge in [-0.2, -0.15) is 0 Å². The van der Waals surface area contributed by atoms with Crippen LogP contribution in [0.3, 0.4) is 0 Å². The molecule has 1 unspecified atom stereocenters. The Morgan fingerprint density at radius 2 is 1.80 bits per heavy atom. The predicted molar refractivity (Wildman–Crippen MR) is 73.8 cm³/mol. The molecule has 0 bridgehead atoms. The molecule has 2 heterocycles. The van der Waals surface area contributed by atoms with E-state index in [0.717, 1.165) is 0 Å². The van der Waals surface area contributed by atoms with E-state index >= 15 is 0 Å². The van der Waals surface area contributed by atoms with Crippen molar-refractivity contribution >= 4 is 17.7 Å². The number of hydrogen-bond acceptors (Lipinski definition) is 4. The fraction of sp³-hybridized carbons (Fsp3) is 0.786. The third-order valence-electron chi connectivity index (χ3n) is 4.05. The molecule has 2 aliphatic heterocycles. The first-order chi connectivity index (χ1) is 9.40. The Balaban J connectivity index is 1.87. The third-order valence-corrected chi connectivity index (χ3v) is 4.05. The smallest absolute Gasteiger partial charge is 0.246 e. The molecule has 0 spiro atoms. The van der Waals surface area contributed by atoms with Crippen LogP contribution in [0, 0.1) is 5.92 Å². The zero-order valence-corrected chi connectivity index (χ0v) is 12.5. The number of likely N-dealkylation sites (N-methyl/N-ethyl adjacent to an activating group) is 1. The van der Waals surface area contributed by atoms with Crippen molar-refractivity contribution in [2.45, 2.75) is 32.7 Å². The van der Waals surface area contributed by atoms with Crippen LogP contribution in [0.1, 0.15) is 26.7 Å². The number of piperazine rings is 1. The normalized spacial score (nSPS) is 24.9. The van der Waals surface area contributed by atoms with Gasteiger partial charge in [0, 0.05) is 39.6 Å². The molecule has 0 N–H and O–H groups in total. The van der Waals surface area contributed by atoms with Crippen molar-refractivity contribution in [3.05, 3.63) is 0 Å². The number of carbonyl (C=O) groups excluding carboxylic acids is 3. The second-order valence-corrected chi connectivity index (χ2v) is 6.03. The molecule has 0 saturated carbocycles. The topological polar surface area (TPSA) is 60.9 Å². The standard InChI is InChI=1S/C14H23N3O3/c1-10(2)8-13(19)17-6-4-16(5-7-17)11-9-12(18)15(3)14(11)20/h10-11H,4-9H2,1-3H3. The fourth-order valence-electron chi connectivity index (χ4n) is 2.78. The molecule has 20 heavy (non-hydrogen) atoms. The average molecular weight is 281 g/mol. The van der Waals surface area contributed by atoms with Crippen LogP contribution in [-0.4, -0.2) is 71.7 Å². The largest absolute Gasteiger partial charge is 0.340 e. The number of nitrogens with zero attached hydrogens (tertiary/aromatic N) is 3. The molecular formula is C14H23N3O3. The third kappa shape index (κ3) is 3.00. The van der Waals surface area contributed by atoms with Gasteiger partial charge >= 0.3 is 0 Å². The summed E-state index contributed by atoms with van der Waals surface area (Å²) < 4.78 is 0. The van der Waals surface area contributed by atoms with Gasteiger partial charge in [-0.3, -0.25) is 24.2 Å². The minimum absolute atomic E-state index is 0.113. The molecule has 0 radical (unpaired) electrons. The van der Waals surface area contributed by atoms with E-state index in [1.165, 1.54) is 11.9 Å². The highest BCUT2D eigenvalue weighted by molar-refractivity contribution is 6.05. The number of amides is 3. The number of hydrogen-bond donors (Lipinski definition) is 0. The van der Waals surface area contributed by atoms with Crippen molar-refractivity contribution in [2.24, 2.45) is 5.92 Å². The summed E-state index contributed by atoms with van der Waals surface area (Å²) in [5.74, 6) is 0.323. The summed E-state index contributed by atoms with van der Waals surface area (Å²) in [7, 11) is 1.53. The van der Waals surface area contributed by atoms with E-state index in [9.17, 15) is 14.4 Å². The van der Waals surface area contributed by atoms with Crippen LogP contribution >= 0.6 is 0 Å². The van der Waals surface area contributed by atoms with Crippen LogP contribution in [0.2, 0.25) is 0 Å². The quantitative estimate of drug-likeness (QED) is 0.680. The summed E-state index contributed by atoms with van der Waals surface area (Å²) in [6.45, 7) is 6.70. The molecule has 2 saturated heterocycles. The van der Waals surface area contributed by atoms with Crippen LogP contribution in [0.5, 0.6) is 0 Å². The van der Waals surface area contributed by atoms with Crippen molar-refractivity contribution in [2.75, 3.05) is 33.2 Å². The lowest BCUT2D eigenvalue weighted by Crippen LogP contribution is -2.53. The molecule has 6 nitrogen and oxygen atoms in total. The number of rotatable bonds is 3. The van der Waals surface area contributed by atoms with Gasteiger partial charge < -0.3 is 4.90 Å². The van der Waals surface area contributed by atoms with Gasteiger partial charge in [0.1, 0.15) is 0 Å². The Morgan fingerprint density at radius 3 is 2.25 bits per heavy atom. The number of carbonyl (C=O) groups is 3. The summed E-state index contributed by atoms with van der Waals surface area (Å²) in [4.78, 5) is 40.6. The molecule has 112 valence electrons. The minimum Gasteiger partial charge on any atom is -0.340 e. The van der Waals surface area contributed by atoms with Gasteiger partial charge in [-0.05, 0) is 5.92 Å². The first kappa shape index (κ1) is 15.0. The molecule has 2 rings (SSSR count). The van der Waals surface area contributed by atoms with Crippen molar-refractivity contribution in [3.63, 3.8) is 0 Å². The molecular weight excluding hydrogens is 258 g/mol. The summed E-state index contributed by atoms with van der Waals surface area (Å²) in [5.41, 5.74) is 0. The summed E-state index contributed by atoms with van der Waals surface area (Å²) in [6.07, 6.45) is 0.846. The monoisotopic (exact) mass is 281 g/mol. The molecule has 3 amide bonds. The maximum Gasteiger partial charge on any atom is 0.246 e. The molecule has 0 aliphatic carbocycles. The van der Waals surface area contributed by atoms with Gasteiger partial charge in [-0.25, -0.2) is 0 Å². The molecule has 1 atom stereocenters. The van der Waals surface area contributed by atoms with Crippen molar-refractivity contribution < 1.29 is 14.4 Å². The van der Waals surface area contributed by atoms with Gasteiger partial charge in [0.25, 0.3) is 0 Å². The van der Waals surface area contributed by atoms with Gasteiger partial charge in [0.05, 0.1) is 12.5 Å². The lowest BCUT2D eigenvalue weighted by molar-refractivity contribution is -0.138. The van der Waals surface area contributed by atoms with Gasteiger partial charge in [0.2, 0.25) is 17.7 Å². The molecule has 2 aliphatic rings. The van der Waals surface area contributed by atoms with E-state index in [1.807, 2.05) is 23.6 Å². The summed E-state index contributed by atoms with van der Waals surface area (Å²) in [5, 5.41) is 0. The summed E-state index contributed by atoms with van der Waals surface area (Å²) in [6, 6.07) is -0.324. The van der Waals surface area contributed by atoms with E-state index in [4.69, 9.17) is 0 Å². The van der Waals surface area contributed by atoms with Crippen LogP contribution in [-0.2, 0) is 14.4 Å². The minimum atomic E-state index is -0.324. The zero-order chi connectivity index (χ0) is 14.9. The van der Waals surface area contributed by atoms with Crippen molar-refractivity contribution in [1.29, 1.82) is 0 Å². The second-order valence-electron chi connectivity index (χ2n) is 6.03. The lowest BCUT2D eigenvalue weighted by atomic mass is 10.1. The van der Waals surface area contributed by atoms with Gasteiger partial charge in [0.15, 0.2) is 0 Å². The predicted octanol–water partition coefficient (Wildman–Crippen LogP) is -0.0660. The Morgan fingerprint density at radius 1 is 1.20 bits per heavy atom. The Kier molecular flexibility index (Phi) is 4.42. The highest BCUT2D eigenvalue weighted by Gasteiger charge is 2.40. The van der Waals surface area contributed by atoms with E-state index in [-0.39, 0.29) is 30.2 Å². The molecule has 0 aromatic rings. The molecule has 0 aromatic heterocycles. The highest BCUT2D eigenvalue weighted by Crippen LogP contribution is 2.19. The lowest BCUT2D eigenvalue weighted by Gasteiger charge is -2.37. The molecule has 2 fully saturated rings. The highest BCUT2D eigenvalue weighted by atomic mass is 16.2. The van der Waals surface area contributed by atoms with E-state index in [2.05, 4.69) is 0 Å². The first-order valence-corrected chi connectivity index (χ1v) is 7.22. The number of likely N-dealkylation sites (tertiary alicyclic amines) is 1. The second kappa shape index (κ2) is 5.91. The molecule has 0 aromatic carbocycles. The Hall–Kier alpha value is -1.43. The fourth-order valence-corrected chi connectivity index (χ4v) is 2.78. The maximum absolute atomic E-state index is 12.0. The van der Waals surface area contributed by atoms with Gasteiger partial charge in [-0.15, -0.1) is 0 Å². The zero-order valence-electron chi connectivity index (χ0n) is 12.5. The Labute approximate surface area is 119 Å². The van der Waals surface area contributed by atoms with Crippen molar-refractivity contribution in [1.82, 2.24) is 14.7 Å². The maximum atomic E-state index is 12.0. The van der Waals surface area contributed by atoms with Crippen molar-refractivity contribution in [3.8, 4) is 0 Å². The molecule has 6 heteroatoms. The van der Waals surface area contributed by atoms with Crippen LogP contribution in [0.25, 0.3) is 0 Å². The average Bonchev–Trinajstić information content (AvgIpc) is 2.66. The van der Waals surface area contributed by atoms with Crippen LogP contribution in [0.4, 0.5) is 0 Å². The van der Waals surface area contributed by atoms with E-state index in [0.29, 0.717) is 38.5 Å². The Bertz CT molecular complexity index is 414. The van der Waals surface area contributed by atoms with E-state index < -0.39 is 0 Å². The van der Waals surface area contributed by atoms with Crippen LogP contribution < -0.4 is 0 Å². The SMILES string of the molecule is CC(C)CC(=O)N1CCN(C2CC(=O)N(C)C2=O)CC1. The van der Waals surface area contributed by atoms with E-state index in [1.54, 1.807) is 0 Å². The number of imide groups is 1.